The summed E-state index contributed by atoms with van der Waals surface area (Å²) in [5.41, 5.74) is 3.87. The number of pyridine rings is 1. The van der Waals surface area contributed by atoms with Gasteiger partial charge in [0.1, 0.15) is 11.3 Å². The van der Waals surface area contributed by atoms with Crippen molar-refractivity contribution in [3.63, 3.8) is 0 Å². The minimum atomic E-state index is -0.198. The van der Waals surface area contributed by atoms with Crippen LogP contribution in [0.4, 0.5) is 5.69 Å². The molecule has 112 valence electrons. The summed E-state index contributed by atoms with van der Waals surface area (Å²) < 4.78 is 1.72. The van der Waals surface area contributed by atoms with Gasteiger partial charge in [0.2, 0.25) is 0 Å². The molecule has 22 heavy (non-hydrogen) atoms. The van der Waals surface area contributed by atoms with Gasteiger partial charge in [-0.2, -0.15) is 0 Å². The number of rotatable bonds is 3. The minimum Gasteiger partial charge on any atom is -0.321 e. The van der Waals surface area contributed by atoms with Crippen molar-refractivity contribution in [2.24, 2.45) is 0 Å². The third-order valence-corrected chi connectivity index (χ3v) is 3.82. The average Bonchev–Trinajstić information content (AvgIpc) is 2.83. The van der Waals surface area contributed by atoms with Crippen LogP contribution in [0.3, 0.4) is 0 Å². The van der Waals surface area contributed by atoms with Crippen LogP contribution in [0, 0.1) is 6.92 Å². The first-order valence-corrected chi connectivity index (χ1v) is 7.51. The van der Waals surface area contributed by atoms with Crippen LogP contribution in [-0.4, -0.2) is 15.3 Å². The molecule has 0 aliphatic rings. The van der Waals surface area contributed by atoms with Crippen LogP contribution < -0.4 is 5.32 Å². The zero-order valence-corrected chi connectivity index (χ0v) is 13.2. The van der Waals surface area contributed by atoms with E-state index in [1.165, 1.54) is 5.56 Å². The first kappa shape index (κ1) is 14.6. The Bertz CT molecular complexity index is 837. The Morgan fingerprint density at radius 2 is 1.95 bits per heavy atom. The van der Waals surface area contributed by atoms with Crippen molar-refractivity contribution >= 4 is 28.8 Å². The van der Waals surface area contributed by atoms with Crippen molar-refractivity contribution in [2.75, 3.05) is 5.32 Å². The van der Waals surface area contributed by atoms with E-state index in [1.54, 1.807) is 22.7 Å². The molecule has 0 radical (unpaired) electrons. The fourth-order valence-electron chi connectivity index (χ4n) is 2.42. The third kappa shape index (κ3) is 2.70. The smallest absolute Gasteiger partial charge is 0.274 e. The maximum atomic E-state index is 12.6. The van der Waals surface area contributed by atoms with Gasteiger partial charge in [-0.05, 0) is 43.2 Å². The molecule has 3 aromatic rings. The first-order valence-electron chi connectivity index (χ1n) is 7.13. The van der Waals surface area contributed by atoms with Gasteiger partial charge < -0.3 is 5.32 Å². The van der Waals surface area contributed by atoms with E-state index in [-0.39, 0.29) is 5.91 Å². The summed E-state index contributed by atoms with van der Waals surface area (Å²) in [4.78, 5) is 16.9. The molecular weight excluding hydrogens is 298 g/mol. The lowest BCUT2D eigenvalue weighted by molar-refractivity contribution is 0.102. The fraction of sp³-hybridized carbons (Fsp3) is 0.176. The van der Waals surface area contributed by atoms with Gasteiger partial charge in [-0.1, -0.05) is 30.7 Å². The number of amides is 1. The Morgan fingerprint density at radius 1 is 1.23 bits per heavy atom. The number of hydrogen-bond donors (Lipinski definition) is 1. The first-order chi connectivity index (χ1) is 10.6. The van der Waals surface area contributed by atoms with Crippen molar-refractivity contribution in [1.29, 1.82) is 0 Å². The van der Waals surface area contributed by atoms with E-state index in [2.05, 4.69) is 17.2 Å². The normalized spacial score (nSPS) is 10.9. The highest BCUT2D eigenvalue weighted by atomic mass is 35.5. The van der Waals surface area contributed by atoms with Crippen LogP contribution in [0.25, 0.3) is 5.65 Å². The molecule has 1 N–H and O–H groups in total. The molecular formula is C17H16ClN3O. The number of aryl methyl sites for hydroxylation is 2. The van der Waals surface area contributed by atoms with Crippen molar-refractivity contribution in [1.82, 2.24) is 9.38 Å². The average molecular weight is 314 g/mol. The summed E-state index contributed by atoms with van der Waals surface area (Å²) >= 11 is 6.02. The maximum Gasteiger partial charge on any atom is 0.274 e. The number of anilines is 1. The van der Waals surface area contributed by atoms with Gasteiger partial charge in [0, 0.05) is 11.9 Å². The summed E-state index contributed by atoms with van der Waals surface area (Å²) in [7, 11) is 0. The quantitative estimate of drug-likeness (QED) is 0.791. The standard InChI is InChI=1S/C17H16ClN3O/c1-3-12-4-7-14(8-5-12)20-17(22)16-11(2)19-15-9-6-13(18)10-21(15)16/h4-10H,3H2,1-2H3,(H,20,22). The lowest BCUT2D eigenvalue weighted by atomic mass is 10.1. The van der Waals surface area contributed by atoms with Crippen molar-refractivity contribution in [3.8, 4) is 0 Å². The maximum absolute atomic E-state index is 12.6. The van der Waals surface area contributed by atoms with Crippen molar-refractivity contribution < 1.29 is 4.79 Å². The topological polar surface area (TPSA) is 46.4 Å². The van der Waals surface area contributed by atoms with Crippen molar-refractivity contribution in [3.05, 3.63) is 64.6 Å². The predicted molar refractivity (Wildman–Crippen MR) is 88.7 cm³/mol. The lowest BCUT2D eigenvalue weighted by Crippen LogP contribution is -2.15. The summed E-state index contributed by atoms with van der Waals surface area (Å²) in [6, 6.07) is 11.4. The molecule has 0 unspecified atom stereocenters. The number of nitrogens with zero attached hydrogens (tertiary/aromatic N) is 2. The van der Waals surface area contributed by atoms with E-state index in [1.807, 2.05) is 31.2 Å². The van der Waals surface area contributed by atoms with Crippen LogP contribution in [-0.2, 0) is 6.42 Å². The number of hydrogen-bond acceptors (Lipinski definition) is 2. The number of fused-ring (bicyclic) bond motifs is 1. The zero-order valence-electron chi connectivity index (χ0n) is 12.4. The van der Waals surface area contributed by atoms with Gasteiger partial charge in [0.25, 0.3) is 5.91 Å². The Morgan fingerprint density at radius 3 is 2.64 bits per heavy atom. The predicted octanol–water partition coefficient (Wildman–Crippen LogP) is 4.11. The van der Waals surface area contributed by atoms with Crippen molar-refractivity contribution in [2.45, 2.75) is 20.3 Å². The number of carbonyl (C=O) groups is 1. The van der Waals surface area contributed by atoms with E-state index in [0.717, 1.165) is 12.1 Å². The van der Waals surface area contributed by atoms with Gasteiger partial charge in [-0.15, -0.1) is 0 Å². The molecule has 0 aliphatic heterocycles. The molecule has 1 amide bonds. The summed E-state index contributed by atoms with van der Waals surface area (Å²) in [5, 5.41) is 3.47. The van der Waals surface area contributed by atoms with E-state index in [0.29, 0.717) is 22.1 Å². The third-order valence-electron chi connectivity index (χ3n) is 3.59. The molecule has 0 saturated heterocycles. The highest BCUT2D eigenvalue weighted by Gasteiger charge is 2.16. The molecule has 0 fully saturated rings. The van der Waals surface area contributed by atoms with Crippen LogP contribution >= 0.6 is 11.6 Å². The van der Waals surface area contributed by atoms with Gasteiger partial charge >= 0.3 is 0 Å². The molecule has 0 spiro atoms. The Kier molecular flexibility index (Phi) is 3.86. The fourth-order valence-corrected chi connectivity index (χ4v) is 2.58. The minimum absolute atomic E-state index is 0.198. The monoisotopic (exact) mass is 313 g/mol. The highest BCUT2D eigenvalue weighted by molar-refractivity contribution is 6.30. The summed E-state index contributed by atoms with van der Waals surface area (Å²) in [5.74, 6) is -0.198. The molecule has 2 heterocycles. The highest BCUT2D eigenvalue weighted by Crippen LogP contribution is 2.18. The Hall–Kier alpha value is -2.33. The number of nitrogens with one attached hydrogen (secondary N) is 1. The van der Waals surface area contributed by atoms with E-state index >= 15 is 0 Å². The zero-order chi connectivity index (χ0) is 15.7. The molecule has 4 nitrogen and oxygen atoms in total. The Balaban J connectivity index is 1.94. The molecule has 3 rings (SSSR count). The number of benzene rings is 1. The molecule has 0 aliphatic carbocycles. The Labute approximate surface area is 133 Å². The van der Waals surface area contributed by atoms with E-state index in [4.69, 9.17) is 11.6 Å². The van der Waals surface area contributed by atoms with Gasteiger partial charge in [0.15, 0.2) is 0 Å². The summed E-state index contributed by atoms with van der Waals surface area (Å²) in [6.07, 6.45) is 2.67. The number of imidazole rings is 1. The largest absolute Gasteiger partial charge is 0.321 e. The van der Waals surface area contributed by atoms with E-state index < -0.39 is 0 Å². The second-order valence-corrected chi connectivity index (χ2v) is 5.56. The molecule has 2 aromatic heterocycles. The molecule has 0 bridgehead atoms. The number of carbonyl (C=O) groups excluding carboxylic acids is 1. The van der Waals surface area contributed by atoms with Crippen LogP contribution in [0.2, 0.25) is 5.02 Å². The molecule has 0 atom stereocenters. The second-order valence-electron chi connectivity index (χ2n) is 5.13. The van der Waals surface area contributed by atoms with Gasteiger partial charge in [-0.3, -0.25) is 9.20 Å². The second kappa shape index (κ2) is 5.81. The van der Waals surface area contributed by atoms with E-state index in [9.17, 15) is 4.79 Å². The molecule has 1 aromatic carbocycles. The number of halogens is 1. The van der Waals surface area contributed by atoms with Gasteiger partial charge in [0.05, 0.1) is 10.7 Å². The summed E-state index contributed by atoms with van der Waals surface area (Å²) in [6.45, 7) is 3.91. The van der Waals surface area contributed by atoms with Crippen LogP contribution in [0.15, 0.2) is 42.6 Å². The number of aromatic nitrogens is 2. The van der Waals surface area contributed by atoms with Gasteiger partial charge in [-0.25, -0.2) is 4.98 Å². The van der Waals surface area contributed by atoms with Crippen LogP contribution in [0.5, 0.6) is 0 Å². The SMILES string of the molecule is CCc1ccc(NC(=O)c2c(C)nc3ccc(Cl)cn23)cc1. The lowest BCUT2D eigenvalue weighted by Gasteiger charge is -2.07. The van der Waals surface area contributed by atoms with Crippen LogP contribution in [0.1, 0.15) is 28.7 Å². The molecule has 0 saturated carbocycles. The molecule has 5 heteroatoms.